The minimum atomic E-state index is -0.649. The molecule has 0 atom stereocenters. The zero-order chi connectivity index (χ0) is 12.3. The molecule has 0 aliphatic carbocycles. The molecular weight excluding hydrogens is 228 g/mol. The van der Waals surface area contributed by atoms with Crippen molar-refractivity contribution in [1.29, 1.82) is 0 Å². The van der Waals surface area contributed by atoms with E-state index in [9.17, 15) is 4.79 Å². The molecule has 0 aliphatic heterocycles. The van der Waals surface area contributed by atoms with Crippen molar-refractivity contribution < 1.29 is 4.79 Å². The fourth-order valence-corrected chi connectivity index (χ4v) is 0.963. The molecule has 0 saturated carbocycles. The van der Waals surface area contributed by atoms with E-state index in [-0.39, 0.29) is 17.7 Å². The Morgan fingerprint density at radius 3 is 2.44 bits per heavy atom. The molecule has 16 heavy (non-hydrogen) atoms. The van der Waals surface area contributed by atoms with Crippen LogP contribution in [0.1, 0.15) is 25.2 Å². The second kappa shape index (κ2) is 4.74. The summed E-state index contributed by atoms with van der Waals surface area (Å²) in [5.41, 5.74) is 0.840. The number of nitrogens with zero attached hydrogens (tertiary/aromatic N) is 3. The second-order valence-corrected chi connectivity index (χ2v) is 4.55. The SMILES string of the molecule is Cc1nnc(NC(=O)C(C)(C)CCl)nc1C. The molecule has 1 aromatic heterocycles. The van der Waals surface area contributed by atoms with Gasteiger partial charge in [0.05, 0.1) is 16.8 Å². The highest BCUT2D eigenvalue weighted by Crippen LogP contribution is 2.18. The third kappa shape index (κ3) is 2.88. The van der Waals surface area contributed by atoms with Crippen molar-refractivity contribution in [3.05, 3.63) is 11.4 Å². The Bertz CT molecular complexity index is 406. The van der Waals surface area contributed by atoms with Gasteiger partial charge in [0.2, 0.25) is 11.9 Å². The number of hydrogen-bond donors (Lipinski definition) is 1. The lowest BCUT2D eigenvalue weighted by Crippen LogP contribution is -2.33. The first kappa shape index (κ1) is 12.8. The first-order valence-electron chi connectivity index (χ1n) is 4.92. The number of amides is 1. The van der Waals surface area contributed by atoms with Crippen molar-refractivity contribution in [3.63, 3.8) is 0 Å². The smallest absolute Gasteiger partial charge is 0.249 e. The lowest BCUT2D eigenvalue weighted by Gasteiger charge is -2.19. The van der Waals surface area contributed by atoms with Gasteiger partial charge < -0.3 is 0 Å². The molecule has 0 radical (unpaired) electrons. The molecule has 0 unspecified atom stereocenters. The van der Waals surface area contributed by atoms with Crippen LogP contribution in [0, 0.1) is 19.3 Å². The quantitative estimate of drug-likeness (QED) is 0.819. The van der Waals surface area contributed by atoms with Gasteiger partial charge in [-0.25, -0.2) is 4.98 Å². The lowest BCUT2D eigenvalue weighted by atomic mass is 9.95. The summed E-state index contributed by atoms with van der Waals surface area (Å²) in [7, 11) is 0. The first-order valence-corrected chi connectivity index (χ1v) is 5.45. The minimum Gasteiger partial charge on any atom is -0.293 e. The van der Waals surface area contributed by atoms with Gasteiger partial charge >= 0.3 is 0 Å². The Balaban J connectivity index is 2.82. The van der Waals surface area contributed by atoms with Gasteiger partial charge in [0.15, 0.2) is 0 Å². The van der Waals surface area contributed by atoms with Gasteiger partial charge in [-0.1, -0.05) is 0 Å². The highest BCUT2D eigenvalue weighted by atomic mass is 35.5. The Hall–Kier alpha value is -1.23. The number of carbonyl (C=O) groups is 1. The van der Waals surface area contributed by atoms with Crippen LogP contribution in [0.3, 0.4) is 0 Å². The standard InChI is InChI=1S/C10H15ClN4O/c1-6-7(2)14-15-9(12-6)13-8(16)10(3,4)5-11/h5H2,1-4H3,(H,12,13,15,16). The van der Waals surface area contributed by atoms with Crippen molar-refractivity contribution in [2.45, 2.75) is 27.7 Å². The van der Waals surface area contributed by atoms with Gasteiger partial charge in [-0.2, -0.15) is 5.10 Å². The van der Waals surface area contributed by atoms with E-state index in [2.05, 4.69) is 20.5 Å². The van der Waals surface area contributed by atoms with Gasteiger partial charge in [-0.15, -0.1) is 16.7 Å². The lowest BCUT2D eigenvalue weighted by molar-refractivity contribution is -0.123. The molecule has 1 heterocycles. The summed E-state index contributed by atoms with van der Waals surface area (Å²) >= 11 is 5.69. The van der Waals surface area contributed by atoms with Crippen molar-refractivity contribution in [2.24, 2.45) is 5.41 Å². The summed E-state index contributed by atoms with van der Waals surface area (Å²) in [6, 6.07) is 0. The van der Waals surface area contributed by atoms with Crippen LogP contribution < -0.4 is 5.32 Å². The molecule has 1 N–H and O–H groups in total. The number of nitrogens with one attached hydrogen (secondary N) is 1. The first-order chi connectivity index (χ1) is 7.36. The molecule has 88 valence electrons. The van der Waals surface area contributed by atoms with Crippen molar-refractivity contribution in [1.82, 2.24) is 15.2 Å². The molecule has 1 rings (SSSR count). The number of aryl methyl sites for hydroxylation is 2. The van der Waals surface area contributed by atoms with Crippen molar-refractivity contribution >= 4 is 23.5 Å². The number of halogens is 1. The van der Waals surface area contributed by atoms with E-state index in [0.29, 0.717) is 0 Å². The monoisotopic (exact) mass is 242 g/mol. The minimum absolute atomic E-state index is 0.214. The van der Waals surface area contributed by atoms with E-state index in [4.69, 9.17) is 11.6 Å². The van der Waals surface area contributed by atoms with E-state index in [1.165, 1.54) is 0 Å². The summed E-state index contributed by atoms with van der Waals surface area (Å²) in [5, 5.41) is 10.3. The normalized spacial score (nSPS) is 11.3. The Morgan fingerprint density at radius 1 is 1.31 bits per heavy atom. The molecule has 0 saturated heterocycles. The van der Waals surface area contributed by atoms with Crippen LogP contribution in [0.5, 0.6) is 0 Å². The number of carbonyl (C=O) groups excluding carboxylic acids is 1. The average Bonchev–Trinajstić information content (AvgIpc) is 2.23. The number of rotatable bonds is 3. The molecule has 0 aromatic carbocycles. The Kier molecular flexibility index (Phi) is 3.80. The zero-order valence-electron chi connectivity index (χ0n) is 9.83. The largest absolute Gasteiger partial charge is 0.293 e. The maximum Gasteiger partial charge on any atom is 0.249 e. The van der Waals surface area contributed by atoms with Gasteiger partial charge in [0.25, 0.3) is 0 Å². The van der Waals surface area contributed by atoms with Crippen LogP contribution in [0.25, 0.3) is 0 Å². The highest BCUT2D eigenvalue weighted by molar-refractivity contribution is 6.20. The molecular formula is C10H15ClN4O. The Labute approximate surface area is 99.6 Å². The van der Waals surface area contributed by atoms with Gasteiger partial charge in [0, 0.05) is 5.88 Å². The molecule has 0 bridgehead atoms. The summed E-state index contributed by atoms with van der Waals surface area (Å²) in [6.07, 6.45) is 0. The van der Waals surface area contributed by atoms with Gasteiger partial charge in [-0.05, 0) is 27.7 Å². The molecule has 0 fully saturated rings. The van der Waals surface area contributed by atoms with Crippen LogP contribution in [-0.4, -0.2) is 27.0 Å². The average molecular weight is 243 g/mol. The zero-order valence-corrected chi connectivity index (χ0v) is 10.6. The fraction of sp³-hybridized carbons (Fsp3) is 0.600. The predicted octanol–water partition coefficient (Wildman–Crippen LogP) is 1.69. The second-order valence-electron chi connectivity index (χ2n) is 4.28. The number of alkyl halides is 1. The van der Waals surface area contributed by atoms with Crippen LogP contribution in [0.2, 0.25) is 0 Å². The summed E-state index contributed by atoms with van der Waals surface area (Å²) < 4.78 is 0. The highest BCUT2D eigenvalue weighted by Gasteiger charge is 2.27. The van der Waals surface area contributed by atoms with Crippen LogP contribution in [0.4, 0.5) is 5.95 Å². The molecule has 6 heteroatoms. The third-order valence-corrected chi connectivity index (χ3v) is 2.93. The molecule has 0 aliphatic rings. The van der Waals surface area contributed by atoms with Gasteiger partial charge in [0.1, 0.15) is 0 Å². The van der Waals surface area contributed by atoms with Crippen LogP contribution >= 0.6 is 11.6 Å². The molecule has 0 spiro atoms. The summed E-state index contributed by atoms with van der Waals surface area (Å²) in [4.78, 5) is 15.9. The molecule has 1 amide bonds. The molecule has 1 aromatic rings. The molecule has 5 nitrogen and oxygen atoms in total. The fourth-order valence-electron chi connectivity index (χ4n) is 0.841. The van der Waals surface area contributed by atoms with E-state index in [0.717, 1.165) is 11.4 Å². The van der Waals surface area contributed by atoms with E-state index in [1.807, 2.05) is 13.8 Å². The maximum atomic E-state index is 11.8. The van der Waals surface area contributed by atoms with E-state index >= 15 is 0 Å². The van der Waals surface area contributed by atoms with Crippen LogP contribution in [0.15, 0.2) is 0 Å². The summed E-state index contributed by atoms with van der Waals surface area (Å²) in [5.74, 6) is 0.232. The maximum absolute atomic E-state index is 11.8. The Morgan fingerprint density at radius 2 is 1.94 bits per heavy atom. The summed E-state index contributed by atoms with van der Waals surface area (Å²) in [6.45, 7) is 7.13. The van der Waals surface area contributed by atoms with Crippen molar-refractivity contribution in [3.8, 4) is 0 Å². The number of hydrogen-bond acceptors (Lipinski definition) is 4. The van der Waals surface area contributed by atoms with Crippen LogP contribution in [-0.2, 0) is 4.79 Å². The van der Waals surface area contributed by atoms with E-state index < -0.39 is 5.41 Å². The number of aromatic nitrogens is 3. The van der Waals surface area contributed by atoms with Gasteiger partial charge in [-0.3, -0.25) is 10.1 Å². The van der Waals surface area contributed by atoms with Crippen molar-refractivity contribution in [2.75, 3.05) is 11.2 Å². The number of anilines is 1. The van der Waals surface area contributed by atoms with E-state index in [1.54, 1.807) is 13.8 Å². The predicted molar refractivity (Wildman–Crippen MR) is 62.4 cm³/mol. The topological polar surface area (TPSA) is 67.8 Å². The third-order valence-electron chi connectivity index (χ3n) is 2.27.